The topological polar surface area (TPSA) is 49.3 Å². The molecule has 2 N–H and O–H groups in total. The van der Waals surface area contributed by atoms with Crippen molar-refractivity contribution in [3.8, 4) is 0 Å². The van der Waals surface area contributed by atoms with Gasteiger partial charge in [0.25, 0.3) is 0 Å². The van der Waals surface area contributed by atoms with E-state index in [0.29, 0.717) is 6.42 Å². The average Bonchev–Trinajstić information content (AvgIpc) is 2.36. The Labute approximate surface area is 96.5 Å². The number of hydrogen-bond donors (Lipinski definition) is 2. The van der Waals surface area contributed by atoms with Crippen LogP contribution in [-0.2, 0) is 4.79 Å². The summed E-state index contributed by atoms with van der Waals surface area (Å²) in [5.41, 5.74) is 0.300. The molecule has 1 atom stereocenters. The minimum absolute atomic E-state index is 0.0429. The van der Waals surface area contributed by atoms with Gasteiger partial charge in [0.2, 0.25) is 0 Å². The maximum absolute atomic E-state index is 11.9. The molecule has 0 spiro atoms. The minimum atomic E-state index is -0.623. The van der Waals surface area contributed by atoms with Crippen LogP contribution in [0.15, 0.2) is 30.3 Å². The van der Waals surface area contributed by atoms with Gasteiger partial charge in [0.15, 0.2) is 5.78 Å². The number of rotatable bonds is 6. The number of carbonyl (C=O) groups excluding carboxylic acids is 1. The average molecular weight is 221 g/mol. The van der Waals surface area contributed by atoms with Crippen LogP contribution in [0.3, 0.4) is 0 Å². The van der Waals surface area contributed by atoms with Crippen molar-refractivity contribution in [3.05, 3.63) is 30.3 Å². The van der Waals surface area contributed by atoms with E-state index in [-0.39, 0.29) is 18.9 Å². The lowest BCUT2D eigenvalue weighted by molar-refractivity contribution is -0.128. The van der Waals surface area contributed by atoms with Gasteiger partial charge in [-0.1, -0.05) is 32.0 Å². The first-order chi connectivity index (χ1) is 7.62. The van der Waals surface area contributed by atoms with Crippen LogP contribution in [-0.4, -0.2) is 24.0 Å². The van der Waals surface area contributed by atoms with E-state index in [1.807, 2.05) is 37.3 Å². The summed E-state index contributed by atoms with van der Waals surface area (Å²) >= 11 is 0. The second-order valence-corrected chi connectivity index (χ2v) is 4.22. The summed E-state index contributed by atoms with van der Waals surface area (Å²) in [7, 11) is 0. The van der Waals surface area contributed by atoms with Crippen LogP contribution in [0, 0.1) is 5.41 Å². The molecule has 0 aromatic heterocycles. The van der Waals surface area contributed by atoms with Gasteiger partial charge < -0.3 is 10.4 Å². The molecule has 88 valence electrons. The van der Waals surface area contributed by atoms with Gasteiger partial charge in [-0.3, -0.25) is 4.79 Å². The first-order valence-corrected chi connectivity index (χ1v) is 5.55. The van der Waals surface area contributed by atoms with E-state index in [1.54, 1.807) is 6.92 Å². The van der Waals surface area contributed by atoms with Crippen LogP contribution in [0.1, 0.15) is 20.3 Å². The molecule has 3 heteroatoms. The molecule has 0 aliphatic heterocycles. The third-order valence-corrected chi connectivity index (χ3v) is 3.03. The molecule has 0 aliphatic carbocycles. The Balaban J connectivity index is 2.53. The van der Waals surface area contributed by atoms with Crippen molar-refractivity contribution in [2.45, 2.75) is 20.3 Å². The van der Waals surface area contributed by atoms with Gasteiger partial charge in [-0.25, -0.2) is 0 Å². The number of hydrogen-bond acceptors (Lipinski definition) is 3. The Morgan fingerprint density at radius 3 is 2.50 bits per heavy atom. The van der Waals surface area contributed by atoms with E-state index in [9.17, 15) is 9.90 Å². The molecule has 0 bridgehead atoms. The number of aliphatic hydroxyl groups excluding tert-OH is 1. The number of para-hydroxylation sites is 1. The molecule has 1 rings (SSSR count). The van der Waals surface area contributed by atoms with E-state index in [1.165, 1.54) is 0 Å². The normalized spacial score (nSPS) is 14.2. The van der Waals surface area contributed by atoms with Crippen LogP contribution in [0.4, 0.5) is 5.69 Å². The summed E-state index contributed by atoms with van der Waals surface area (Å²) in [5.74, 6) is 0.0429. The largest absolute Gasteiger partial charge is 0.395 e. The van der Waals surface area contributed by atoms with E-state index in [2.05, 4.69) is 5.32 Å². The van der Waals surface area contributed by atoms with Crippen LogP contribution in [0.25, 0.3) is 0 Å². The standard InChI is InChI=1S/C13H19NO2/c1-3-13(2,10-15)12(16)9-14-11-7-5-4-6-8-11/h4-8,14-15H,3,9-10H2,1-2H3. The van der Waals surface area contributed by atoms with Crippen molar-refractivity contribution >= 4 is 11.5 Å². The van der Waals surface area contributed by atoms with Gasteiger partial charge >= 0.3 is 0 Å². The summed E-state index contributed by atoms with van der Waals surface area (Å²) in [4.78, 5) is 11.9. The minimum Gasteiger partial charge on any atom is -0.395 e. The molecule has 0 amide bonds. The van der Waals surface area contributed by atoms with Crippen LogP contribution < -0.4 is 5.32 Å². The lowest BCUT2D eigenvalue weighted by Crippen LogP contribution is -2.35. The molecule has 0 fully saturated rings. The summed E-state index contributed by atoms with van der Waals surface area (Å²) in [5, 5.41) is 12.3. The molecule has 3 nitrogen and oxygen atoms in total. The van der Waals surface area contributed by atoms with Gasteiger partial charge in [0.05, 0.1) is 18.6 Å². The smallest absolute Gasteiger partial charge is 0.159 e. The molecule has 0 aliphatic rings. The molecule has 0 radical (unpaired) electrons. The zero-order chi connectivity index (χ0) is 12.0. The quantitative estimate of drug-likeness (QED) is 0.773. The van der Waals surface area contributed by atoms with Crippen LogP contribution in [0.5, 0.6) is 0 Å². The van der Waals surface area contributed by atoms with Gasteiger partial charge in [0, 0.05) is 5.69 Å². The van der Waals surface area contributed by atoms with Gasteiger partial charge in [-0.05, 0) is 18.6 Å². The summed E-state index contributed by atoms with van der Waals surface area (Å²) in [6.07, 6.45) is 0.652. The fourth-order valence-electron chi connectivity index (χ4n) is 1.35. The number of nitrogens with one attached hydrogen (secondary N) is 1. The highest BCUT2D eigenvalue weighted by Gasteiger charge is 2.29. The Kier molecular flexibility index (Phi) is 4.50. The van der Waals surface area contributed by atoms with Crippen molar-refractivity contribution in [2.24, 2.45) is 5.41 Å². The fraction of sp³-hybridized carbons (Fsp3) is 0.462. The molecule has 0 heterocycles. The summed E-state index contributed by atoms with van der Waals surface area (Å²) in [6.45, 7) is 3.87. The van der Waals surface area contributed by atoms with Crippen molar-refractivity contribution < 1.29 is 9.90 Å². The lowest BCUT2D eigenvalue weighted by Gasteiger charge is -2.24. The maximum atomic E-state index is 11.9. The van der Waals surface area contributed by atoms with Crippen molar-refractivity contribution in [2.75, 3.05) is 18.5 Å². The SMILES string of the molecule is CCC(C)(CO)C(=O)CNc1ccccc1. The van der Waals surface area contributed by atoms with E-state index in [4.69, 9.17) is 0 Å². The molecule has 1 unspecified atom stereocenters. The number of benzene rings is 1. The fourth-order valence-corrected chi connectivity index (χ4v) is 1.35. The van der Waals surface area contributed by atoms with Gasteiger partial charge in [-0.15, -0.1) is 0 Å². The Morgan fingerprint density at radius 2 is 2.00 bits per heavy atom. The molecule has 1 aromatic rings. The lowest BCUT2D eigenvalue weighted by atomic mass is 9.84. The maximum Gasteiger partial charge on any atom is 0.159 e. The van der Waals surface area contributed by atoms with Crippen molar-refractivity contribution in [1.29, 1.82) is 0 Å². The third kappa shape index (κ3) is 3.07. The predicted octanol–water partition coefficient (Wildman–Crippen LogP) is 2.08. The number of carbonyl (C=O) groups is 1. The van der Waals surface area contributed by atoms with Gasteiger partial charge in [0.1, 0.15) is 0 Å². The molecule has 0 saturated carbocycles. The van der Waals surface area contributed by atoms with Gasteiger partial charge in [-0.2, -0.15) is 0 Å². The van der Waals surface area contributed by atoms with E-state index in [0.717, 1.165) is 5.69 Å². The monoisotopic (exact) mass is 221 g/mol. The highest BCUT2D eigenvalue weighted by molar-refractivity contribution is 5.88. The Bertz CT molecular complexity index is 331. The highest BCUT2D eigenvalue weighted by atomic mass is 16.3. The molecule has 16 heavy (non-hydrogen) atoms. The molecular formula is C13H19NO2. The second kappa shape index (κ2) is 5.66. The number of aliphatic hydroxyl groups is 1. The predicted molar refractivity (Wildman–Crippen MR) is 65.4 cm³/mol. The first-order valence-electron chi connectivity index (χ1n) is 5.55. The van der Waals surface area contributed by atoms with E-state index < -0.39 is 5.41 Å². The number of Topliss-reactive ketones (excluding diaryl/α,β-unsaturated/α-hetero) is 1. The second-order valence-electron chi connectivity index (χ2n) is 4.22. The molecule has 1 aromatic carbocycles. The highest BCUT2D eigenvalue weighted by Crippen LogP contribution is 2.21. The number of anilines is 1. The molecular weight excluding hydrogens is 202 g/mol. The first kappa shape index (κ1) is 12.7. The third-order valence-electron chi connectivity index (χ3n) is 3.03. The van der Waals surface area contributed by atoms with Crippen LogP contribution in [0.2, 0.25) is 0 Å². The molecule has 0 saturated heterocycles. The number of ketones is 1. The zero-order valence-electron chi connectivity index (χ0n) is 9.86. The Hall–Kier alpha value is -1.35. The van der Waals surface area contributed by atoms with Crippen molar-refractivity contribution in [1.82, 2.24) is 0 Å². The van der Waals surface area contributed by atoms with Crippen LogP contribution >= 0.6 is 0 Å². The zero-order valence-corrected chi connectivity index (χ0v) is 9.86. The van der Waals surface area contributed by atoms with E-state index >= 15 is 0 Å². The Morgan fingerprint density at radius 1 is 1.38 bits per heavy atom. The summed E-state index contributed by atoms with van der Waals surface area (Å²) in [6, 6.07) is 9.58. The van der Waals surface area contributed by atoms with Crippen molar-refractivity contribution in [3.63, 3.8) is 0 Å². The summed E-state index contributed by atoms with van der Waals surface area (Å²) < 4.78 is 0.